The minimum absolute atomic E-state index is 0.518. The molecule has 1 rings (SSSR count). The summed E-state index contributed by atoms with van der Waals surface area (Å²) in [5.41, 5.74) is 4.24. The normalized spacial score (nSPS) is 11.0. The molecule has 0 fully saturated rings. The van der Waals surface area contributed by atoms with E-state index in [1.165, 1.54) is 16.7 Å². The molecule has 0 heterocycles. The van der Waals surface area contributed by atoms with Crippen LogP contribution in [-0.2, 0) is 12.8 Å². The topological polar surface area (TPSA) is 0 Å². The Hall–Kier alpha value is -0.490. The van der Waals surface area contributed by atoms with Crippen LogP contribution < -0.4 is 0 Å². The van der Waals surface area contributed by atoms with Crippen LogP contribution in [0.25, 0.3) is 0 Å². The highest BCUT2D eigenvalue weighted by atomic mass is 35.5. The zero-order chi connectivity index (χ0) is 10.7. The van der Waals surface area contributed by atoms with E-state index < -0.39 is 0 Å². The van der Waals surface area contributed by atoms with Gasteiger partial charge in [-0.25, -0.2) is 0 Å². The third-order valence-electron chi connectivity index (χ3n) is 2.71. The fourth-order valence-corrected chi connectivity index (χ4v) is 2.45. The molecule has 0 saturated carbocycles. The predicted molar refractivity (Wildman–Crippen MR) is 64.3 cm³/mol. The van der Waals surface area contributed by atoms with Gasteiger partial charge in [0.1, 0.15) is 0 Å². The average Bonchev–Trinajstić information content (AvgIpc) is 2.16. The lowest BCUT2D eigenvalue weighted by atomic mass is 9.91. The third kappa shape index (κ3) is 2.12. The maximum atomic E-state index is 6.23. The molecule has 0 aliphatic rings. The maximum Gasteiger partial charge on any atom is 0.0443 e. The molecule has 0 N–H and O–H groups in total. The van der Waals surface area contributed by atoms with Crippen LogP contribution in [0.1, 0.15) is 50.3 Å². The molecule has 0 nitrogen and oxygen atoms in total. The second-order valence-electron chi connectivity index (χ2n) is 3.96. The summed E-state index contributed by atoms with van der Waals surface area (Å²) in [5, 5.41) is 0.925. The van der Waals surface area contributed by atoms with E-state index >= 15 is 0 Å². The summed E-state index contributed by atoms with van der Waals surface area (Å²) in [6.07, 6.45) is 2.18. The van der Waals surface area contributed by atoms with Gasteiger partial charge in [-0.2, -0.15) is 0 Å². The summed E-state index contributed by atoms with van der Waals surface area (Å²) in [7, 11) is 0. The largest absolute Gasteiger partial charge is 0.0840 e. The van der Waals surface area contributed by atoms with E-state index in [-0.39, 0.29) is 0 Å². The standard InChI is InChI=1S/C13H19Cl/c1-5-10-7-8-12(14)13(9(3)4)11(10)6-2/h7-9H,5-6H2,1-4H3. The van der Waals surface area contributed by atoms with Crippen molar-refractivity contribution in [3.8, 4) is 0 Å². The van der Waals surface area contributed by atoms with Gasteiger partial charge in [-0.1, -0.05) is 45.4 Å². The van der Waals surface area contributed by atoms with Gasteiger partial charge in [-0.3, -0.25) is 0 Å². The van der Waals surface area contributed by atoms with Crippen molar-refractivity contribution in [1.82, 2.24) is 0 Å². The Morgan fingerprint density at radius 2 is 1.79 bits per heavy atom. The Labute approximate surface area is 92.3 Å². The van der Waals surface area contributed by atoms with Crippen molar-refractivity contribution in [1.29, 1.82) is 0 Å². The van der Waals surface area contributed by atoms with Crippen molar-refractivity contribution in [3.05, 3.63) is 33.8 Å². The van der Waals surface area contributed by atoms with Crippen LogP contribution in [0.5, 0.6) is 0 Å². The van der Waals surface area contributed by atoms with Crippen molar-refractivity contribution in [3.63, 3.8) is 0 Å². The molecule has 0 spiro atoms. The first-order valence-corrected chi connectivity index (χ1v) is 5.79. The van der Waals surface area contributed by atoms with Gasteiger partial charge in [-0.15, -0.1) is 0 Å². The molecule has 78 valence electrons. The zero-order valence-corrected chi connectivity index (χ0v) is 10.3. The van der Waals surface area contributed by atoms with Crippen molar-refractivity contribution < 1.29 is 0 Å². The first-order chi connectivity index (χ1) is 6.61. The molecule has 0 atom stereocenters. The van der Waals surface area contributed by atoms with Crippen LogP contribution in [0.15, 0.2) is 12.1 Å². The lowest BCUT2D eigenvalue weighted by Gasteiger charge is -2.17. The molecule has 14 heavy (non-hydrogen) atoms. The van der Waals surface area contributed by atoms with Crippen molar-refractivity contribution in [2.24, 2.45) is 0 Å². The number of benzene rings is 1. The first kappa shape index (κ1) is 11.6. The van der Waals surface area contributed by atoms with Crippen molar-refractivity contribution in [2.75, 3.05) is 0 Å². The van der Waals surface area contributed by atoms with Crippen LogP contribution >= 0.6 is 11.6 Å². The minimum atomic E-state index is 0.518. The quantitative estimate of drug-likeness (QED) is 0.685. The molecule has 0 bridgehead atoms. The second kappa shape index (κ2) is 4.84. The van der Waals surface area contributed by atoms with Gasteiger partial charge in [0.05, 0.1) is 0 Å². The van der Waals surface area contributed by atoms with E-state index in [1.54, 1.807) is 0 Å². The Morgan fingerprint density at radius 3 is 2.21 bits per heavy atom. The lowest BCUT2D eigenvalue weighted by molar-refractivity contribution is 0.835. The van der Waals surface area contributed by atoms with Gasteiger partial charge < -0.3 is 0 Å². The average molecular weight is 211 g/mol. The minimum Gasteiger partial charge on any atom is -0.0840 e. The molecular formula is C13H19Cl. The number of halogens is 1. The zero-order valence-electron chi connectivity index (χ0n) is 9.52. The molecule has 0 aliphatic heterocycles. The molecular weight excluding hydrogens is 192 g/mol. The van der Waals surface area contributed by atoms with Gasteiger partial charge in [-0.05, 0) is 41.5 Å². The van der Waals surface area contributed by atoms with E-state index in [9.17, 15) is 0 Å². The van der Waals surface area contributed by atoms with Crippen LogP contribution in [0.2, 0.25) is 5.02 Å². The number of hydrogen-bond donors (Lipinski definition) is 0. The highest BCUT2D eigenvalue weighted by molar-refractivity contribution is 6.31. The third-order valence-corrected chi connectivity index (χ3v) is 3.04. The molecule has 1 aromatic rings. The van der Waals surface area contributed by atoms with E-state index in [0.29, 0.717) is 5.92 Å². The Bertz CT molecular complexity index is 313. The Kier molecular flexibility index (Phi) is 4.00. The fraction of sp³-hybridized carbons (Fsp3) is 0.538. The van der Waals surface area contributed by atoms with E-state index in [4.69, 9.17) is 11.6 Å². The Morgan fingerprint density at radius 1 is 1.14 bits per heavy atom. The summed E-state index contributed by atoms with van der Waals surface area (Å²) >= 11 is 6.23. The van der Waals surface area contributed by atoms with E-state index in [2.05, 4.69) is 33.8 Å². The van der Waals surface area contributed by atoms with Gasteiger partial charge in [0.25, 0.3) is 0 Å². The van der Waals surface area contributed by atoms with E-state index in [1.807, 2.05) is 6.07 Å². The second-order valence-corrected chi connectivity index (χ2v) is 4.37. The summed E-state index contributed by atoms with van der Waals surface area (Å²) in [6.45, 7) is 8.82. The molecule has 0 amide bonds. The highest BCUT2D eigenvalue weighted by Crippen LogP contribution is 2.30. The summed E-state index contributed by atoms with van der Waals surface area (Å²) in [4.78, 5) is 0. The molecule has 0 saturated heterocycles. The monoisotopic (exact) mass is 210 g/mol. The van der Waals surface area contributed by atoms with Crippen molar-refractivity contribution in [2.45, 2.75) is 46.5 Å². The fourth-order valence-electron chi connectivity index (χ4n) is 2.05. The molecule has 0 unspecified atom stereocenters. The first-order valence-electron chi connectivity index (χ1n) is 5.41. The smallest absolute Gasteiger partial charge is 0.0443 e. The maximum absolute atomic E-state index is 6.23. The molecule has 0 radical (unpaired) electrons. The highest BCUT2D eigenvalue weighted by Gasteiger charge is 2.12. The molecule has 0 aromatic heterocycles. The molecule has 1 aromatic carbocycles. The predicted octanol–water partition coefficient (Wildman–Crippen LogP) is 4.59. The number of aryl methyl sites for hydroxylation is 1. The van der Waals surface area contributed by atoms with Crippen molar-refractivity contribution >= 4 is 11.6 Å². The lowest BCUT2D eigenvalue weighted by Crippen LogP contribution is -2.01. The molecule has 1 heteroatoms. The number of hydrogen-bond acceptors (Lipinski definition) is 0. The van der Waals surface area contributed by atoms with Gasteiger partial charge >= 0.3 is 0 Å². The summed E-state index contributed by atoms with van der Waals surface area (Å²) in [5.74, 6) is 0.518. The Balaban J connectivity index is 3.35. The molecule has 0 aliphatic carbocycles. The van der Waals surface area contributed by atoms with Crippen LogP contribution in [0, 0.1) is 0 Å². The summed E-state index contributed by atoms with van der Waals surface area (Å²) < 4.78 is 0. The SMILES string of the molecule is CCc1ccc(Cl)c(C(C)C)c1CC. The van der Waals surface area contributed by atoms with Crippen LogP contribution in [0.4, 0.5) is 0 Å². The van der Waals surface area contributed by atoms with E-state index in [0.717, 1.165) is 17.9 Å². The number of rotatable bonds is 3. The van der Waals surface area contributed by atoms with Crippen LogP contribution in [-0.4, -0.2) is 0 Å². The van der Waals surface area contributed by atoms with Gasteiger partial charge in [0.15, 0.2) is 0 Å². The van der Waals surface area contributed by atoms with Crippen LogP contribution in [0.3, 0.4) is 0 Å². The summed E-state index contributed by atoms with van der Waals surface area (Å²) in [6, 6.07) is 4.20. The van der Waals surface area contributed by atoms with Gasteiger partial charge in [0.2, 0.25) is 0 Å². The van der Waals surface area contributed by atoms with Gasteiger partial charge in [0, 0.05) is 5.02 Å².